The van der Waals surface area contributed by atoms with Crippen molar-refractivity contribution >= 4 is 39.2 Å². The predicted molar refractivity (Wildman–Crippen MR) is 73.8 cm³/mol. The number of fused-ring (bicyclic) bond motifs is 1. The van der Waals surface area contributed by atoms with Crippen molar-refractivity contribution in [3.63, 3.8) is 0 Å². The van der Waals surface area contributed by atoms with Crippen LogP contribution in [0.25, 0.3) is 10.9 Å². The van der Waals surface area contributed by atoms with Crippen LogP contribution >= 0.6 is 28.3 Å². The van der Waals surface area contributed by atoms with Gasteiger partial charge in [-0.05, 0) is 36.7 Å². The standard InChI is InChI=1S/C11H14BrN3.ClH/c12-7-1-2-11-8(5-7)9(6-15-11)10(14)3-4-13;/h1-2,5-6,10,15H,3-4,13-14H2;1H/t10-;/m1./s1. The van der Waals surface area contributed by atoms with E-state index in [2.05, 4.69) is 27.0 Å². The van der Waals surface area contributed by atoms with Gasteiger partial charge in [0.15, 0.2) is 0 Å². The molecule has 0 fully saturated rings. The maximum Gasteiger partial charge on any atom is 0.0458 e. The minimum Gasteiger partial charge on any atom is -0.361 e. The molecule has 0 aliphatic heterocycles. The molecule has 0 unspecified atom stereocenters. The summed E-state index contributed by atoms with van der Waals surface area (Å²) in [7, 11) is 0. The molecule has 0 amide bonds. The number of hydrogen-bond acceptors (Lipinski definition) is 2. The van der Waals surface area contributed by atoms with E-state index in [4.69, 9.17) is 11.5 Å². The molecule has 1 atom stereocenters. The summed E-state index contributed by atoms with van der Waals surface area (Å²) in [4.78, 5) is 3.21. The Morgan fingerprint density at radius 1 is 1.38 bits per heavy atom. The van der Waals surface area contributed by atoms with Crippen LogP contribution in [-0.4, -0.2) is 11.5 Å². The van der Waals surface area contributed by atoms with Crippen molar-refractivity contribution in [2.45, 2.75) is 12.5 Å². The Bertz CT molecular complexity index is 469. The maximum atomic E-state index is 6.05. The molecule has 88 valence electrons. The summed E-state index contributed by atoms with van der Waals surface area (Å²) >= 11 is 3.46. The summed E-state index contributed by atoms with van der Waals surface area (Å²) in [5, 5.41) is 1.17. The number of aromatic amines is 1. The van der Waals surface area contributed by atoms with E-state index in [1.54, 1.807) is 0 Å². The fourth-order valence-electron chi connectivity index (χ4n) is 1.76. The molecule has 5 heteroatoms. The van der Waals surface area contributed by atoms with Gasteiger partial charge in [-0.3, -0.25) is 0 Å². The van der Waals surface area contributed by atoms with Crippen LogP contribution in [0.2, 0.25) is 0 Å². The molecule has 2 aromatic rings. The van der Waals surface area contributed by atoms with Crippen LogP contribution in [-0.2, 0) is 0 Å². The lowest BCUT2D eigenvalue weighted by Gasteiger charge is -2.08. The molecule has 0 aliphatic rings. The Morgan fingerprint density at radius 2 is 2.12 bits per heavy atom. The third-order valence-electron chi connectivity index (χ3n) is 2.55. The third-order valence-corrected chi connectivity index (χ3v) is 3.05. The predicted octanol–water partition coefficient (Wildman–Crippen LogP) is 2.70. The second kappa shape index (κ2) is 5.68. The minimum atomic E-state index is 0. The van der Waals surface area contributed by atoms with E-state index in [1.807, 2.05) is 18.3 Å². The average Bonchev–Trinajstić information content (AvgIpc) is 2.60. The second-order valence-corrected chi connectivity index (χ2v) is 4.53. The van der Waals surface area contributed by atoms with Crippen LogP contribution in [0.4, 0.5) is 0 Å². The molecule has 0 aliphatic carbocycles. The number of hydrogen-bond donors (Lipinski definition) is 3. The van der Waals surface area contributed by atoms with Crippen LogP contribution in [0.1, 0.15) is 18.0 Å². The number of benzene rings is 1. The van der Waals surface area contributed by atoms with Gasteiger partial charge in [0.2, 0.25) is 0 Å². The first-order valence-corrected chi connectivity index (χ1v) is 5.74. The second-order valence-electron chi connectivity index (χ2n) is 3.62. The summed E-state index contributed by atoms with van der Waals surface area (Å²) in [6, 6.07) is 6.14. The molecule has 5 N–H and O–H groups in total. The van der Waals surface area contributed by atoms with Gasteiger partial charge in [-0.15, -0.1) is 12.4 Å². The molecule has 3 nitrogen and oxygen atoms in total. The summed E-state index contributed by atoms with van der Waals surface area (Å²) in [6.45, 7) is 0.613. The highest BCUT2D eigenvalue weighted by Crippen LogP contribution is 2.27. The quantitative estimate of drug-likeness (QED) is 0.816. The lowest BCUT2D eigenvalue weighted by molar-refractivity contribution is 0.666. The Kier molecular flexibility index (Phi) is 4.80. The molecule has 16 heavy (non-hydrogen) atoms. The molecular formula is C11H15BrClN3. The number of halogens is 2. The number of H-pyrrole nitrogens is 1. The van der Waals surface area contributed by atoms with Crippen LogP contribution in [0.15, 0.2) is 28.9 Å². The first-order chi connectivity index (χ1) is 7.22. The molecule has 0 saturated heterocycles. The highest BCUT2D eigenvalue weighted by Gasteiger charge is 2.10. The van der Waals surface area contributed by atoms with E-state index in [0.29, 0.717) is 6.54 Å². The first kappa shape index (κ1) is 13.5. The minimum absolute atomic E-state index is 0. The van der Waals surface area contributed by atoms with E-state index in [9.17, 15) is 0 Å². The Balaban J connectivity index is 0.00000128. The smallest absolute Gasteiger partial charge is 0.0458 e. The van der Waals surface area contributed by atoms with Gasteiger partial charge in [-0.1, -0.05) is 15.9 Å². The lowest BCUT2D eigenvalue weighted by Crippen LogP contribution is -2.14. The van der Waals surface area contributed by atoms with Gasteiger partial charge in [0.1, 0.15) is 0 Å². The SMILES string of the molecule is Cl.NCC[C@@H](N)c1c[nH]c2ccc(Br)cc12. The monoisotopic (exact) mass is 303 g/mol. The summed E-state index contributed by atoms with van der Waals surface area (Å²) < 4.78 is 1.07. The average molecular weight is 305 g/mol. The zero-order valence-corrected chi connectivity index (χ0v) is 11.1. The number of nitrogens with one attached hydrogen (secondary N) is 1. The van der Waals surface area contributed by atoms with E-state index in [1.165, 1.54) is 5.39 Å². The van der Waals surface area contributed by atoms with E-state index in [-0.39, 0.29) is 18.4 Å². The largest absolute Gasteiger partial charge is 0.361 e. The Morgan fingerprint density at radius 3 is 2.81 bits per heavy atom. The highest BCUT2D eigenvalue weighted by atomic mass is 79.9. The van der Waals surface area contributed by atoms with Crippen LogP contribution in [0.5, 0.6) is 0 Å². The maximum absolute atomic E-state index is 6.05. The Labute approximate surface area is 109 Å². The molecule has 1 aromatic carbocycles. The fraction of sp³-hybridized carbons (Fsp3) is 0.273. The van der Waals surface area contributed by atoms with Gasteiger partial charge in [-0.25, -0.2) is 0 Å². The molecule has 0 spiro atoms. The molecular weight excluding hydrogens is 289 g/mol. The van der Waals surface area contributed by atoms with Gasteiger partial charge in [0.25, 0.3) is 0 Å². The van der Waals surface area contributed by atoms with Gasteiger partial charge < -0.3 is 16.5 Å². The Hall–Kier alpha value is -0.550. The van der Waals surface area contributed by atoms with E-state index < -0.39 is 0 Å². The summed E-state index contributed by atoms with van der Waals surface area (Å²) in [6.07, 6.45) is 2.77. The van der Waals surface area contributed by atoms with Gasteiger partial charge in [-0.2, -0.15) is 0 Å². The van der Waals surface area contributed by atoms with Gasteiger partial charge in [0.05, 0.1) is 0 Å². The van der Waals surface area contributed by atoms with Crippen molar-refractivity contribution in [1.82, 2.24) is 4.98 Å². The fourth-order valence-corrected chi connectivity index (χ4v) is 2.12. The van der Waals surface area contributed by atoms with Gasteiger partial charge in [0, 0.05) is 27.6 Å². The zero-order valence-electron chi connectivity index (χ0n) is 8.74. The van der Waals surface area contributed by atoms with Crippen molar-refractivity contribution in [1.29, 1.82) is 0 Å². The zero-order chi connectivity index (χ0) is 10.8. The normalized spacial score (nSPS) is 12.4. The van der Waals surface area contributed by atoms with Crippen LogP contribution in [0, 0.1) is 0 Å². The molecule has 0 saturated carbocycles. The number of aromatic nitrogens is 1. The third kappa shape index (κ3) is 2.58. The lowest BCUT2D eigenvalue weighted by atomic mass is 10.0. The molecule has 0 bridgehead atoms. The van der Waals surface area contributed by atoms with Crippen LogP contribution in [0.3, 0.4) is 0 Å². The van der Waals surface area contributed by atoms with Crippen molar-refractivity contribution < 1.29 is 0 Å². The van der Waals surface area contributed by atoms with Crippen LogP contribution < -0.4 is 11.5 Å². The summed E-state index contributed by atoms with van der Waals surface area (Å²) in [5.41, 5.74) is 13.8. The van der Waals surface area contributed by atoms with E-state index in [0.717, 1.165) is 22.0 Å². The number of rotatable bonds is 3. The van der Waals surface area contributed by atoms with Crippen molar-refractivity contribution in [2.24, 2.45) is 11.5 Å². The molecule has 1 heterocycles. The topological polar surface area (TPSA) is 67.8 Å². The molecule has 0 radical (unpaired) electrons. The molecule has 1 aromatic heterocycles. The summed E-state index contributed by atoms with van der Waals surface area (Å²) in [5.74, 6) is 0. The highest BCUT2D eigenvalue weighted by molar-refractivity contribution is 9.10. The van der Waals surface area contributed by atoms with Gasteiger partial charge >= 0.3 is 0 Å². The number of nitrogens with two attached hydrogens (primary N) is 2. The van der Waals surface area contributed by atoms with Crippen molar-refractivity contribution in [2.75, 3.05) is 6.54 Å². The van der Waals surface area contributed by atoms with Crippen molar-refractivity contribution in [3.8, 4) is 0 Å². The first-order valence-electron chi connectivity index (χ1n) is 4.94. The van der Waals surface area contributed by atoms with E-state index >= 15 is 0 Å². The molecule has 2 rings (SSSR count). The van der Waals surface area contributed by atoms with Crippen molar-refractivity contribution in [3.05, 3.63) is 34.4 Å².